The van der Waals surface area contributed by atoms with Crippen molar-refractivity contribution in [3.63, 3.8) is 0 Å². The highest BCUT2D eigenvalue weighted by molar-refractivity contribution is 6.99. The SMILES string of the molecule is CC(C)(C)[Si](C)(C)OCc1cncn1C(CCCO[Si](c1ccccc1)(c1ccccc1)C(C)(C)C)c1cccc(F)c1. The molecule has 0 amide bonds. The summed E-state index contributed by atoms with van der Waals surface area (Å²) in [6.07, 6.45) is 5.35. The van der Waals surface area contributed by atoms with Gasteiger partial charge in [-0.05, 0) is 64.1 Å². The van der Waals surface area contributed by atoms with Gasteiger partial charge in [-0.3, -0.25) is 0 Å². The van der Waals surface area contributed by atoms with E-state index in [0.29, 0.717) is 13.2 Å². The number of imidazole rings is 1. The third-order valence-electron chi connectivity index (χ3n) is 9.06. The Hall–Kier alpha value is -2.85. The van der Waals surface area contributed by atoms with Gasteiger partial charge in [0.2, 0.25) is 0 Å². The van der Waals surface area contributed by atoms with E-state index in [9.17, 15) is 4.39 Å². The number of aromatic nitrogens is 2. The minimum Gasteiger partial charge on any atom is -0.411 e. The van der Waals surface area contributed by atoms with Crippen molar-refractivity contribution in [2.45, 2.75) is 90.2 Å². The molecule has 0 radical (unpaired) electrons. The Labute approximate surface area is 260 Å². The van der Waals surface area contributed by atoms with E-state index in [1.54, 1.807) is 12.1 Å². The molecule has 4 aromatic rings. The van der Waals surface area contributed by atoms with Crippen LogP contribution < -0.4 is 10.4 Å². The molecule has 0 aliphatic carbocycles. The summed E-state index contributed by atoms with van der Waals surface area (Å²) in [4.78, 5) is 4.51. The highest BCUT2D eigenvalue weighted by Crippen LogP contribution is 2.38. The summed E-state index contributed by atoms with van der Waals surface area (Å²) in [5, 5.41) is 2.57. The van der Waals surface area contributed by atoms with Crippen molar-refractivity contribution in [3.8, 4) is 0 Å². The standard InChI is InChI=1S/C36H49FN2O2Si2/c1-35(2,3)42(7,8)41-27-31-26-38-28-39(31)34(29-17-15-18-30(37)25-29)23-16-24-40-43(36(4,5)6,32-19-11-9-12-20-32)33-21-13-10-14-22-33/h9-15,17-22,25-26,28,34H,16,23-24,27H2,1-8H3. The molecule has 0 fully saturated rings. The van der Waals surface area contributed by atoms with E-state index < -0.39 is 16.6 Å². The molecule has 3 aromatic carbocycles. The van der Waals surface area contributed by atoms with Crippen molar-refractivity contribution in [2.24, 2.45) is 0 Å². The van der Waals surface area contributed by atoms with E-state index in [0.717, 1.165) is 24.1 Å². The minimum absolute atomic E-state index is 0.0843. The fraction of sp³-hybridized carbons (Fsp3) is 0.417. The lowest BCUT2D eigenvalue weighted by Crippen LogP contribution is -2.66. The van der Waals surface area contributed by atoms with Crippen LogP contribution in [0.5, 0.6) is 0 Å². The van der Waals surface area contributed by atoms with Crippen molar-refractivity contribution in [1.29, 1.82) is 0 Å². The van der Waals surface area contributed by atoms with Gasteiger partial charge in [-0.15, -0.1) is 0 Å². The van der Waals surface area contributed by atoms with Gasteiger partial charge in [0.05, 0.1) is 30.9 Å². The van der Waals surface area contributed by atoms with Crippen LogP contribution in [0.15, 0.2) is 97.5 Å². The summed E-state index contributed by atoms with van der Waals surface area (Å²) < 4.78 is 30.4. The first-order valence-electron chi connectivity index (χ1n) is 15.4. The highest BCUT2D eigenvalue weighted by Gasteiger charge is 2.50. The molecule has 4 nitrogen and oxygen atoms in total. The van der Waals surface area contributed by atoms with Gasteiger partial charge in [0, 0.05) is 6.61 Å². The maximum Gasteiger partial charge on any atom is 0.261 e. The Morgan fingerprint density at radius 2 is 1.40 bits per heavy atom. The predicted molar refractivity (Wildman–Crippen MR) is 182 cm³/mol. The predicted octanol–water partition coefficient (Wildman–Crippen LogP) is 8.49. The summed E-state index contributed by atoms with van der Waals surface area (Å²) >= 11 is 0. The molecular weight excluding hydrogens is 568 g/mol. The minimum atomic E-state index is -2.63. The van der Waals surface area contributed by atoms with Crippen molar-refractivity contribution in [3.05, 3.63) is 115 Å². The van der Waals surface area contributed by atoms with Gasteiger partial charge in [-0.1, -0.05) is 114 Å². The Balaban J connectivity index is 1.61. The molecule has 0 aliphatic rings. The molecule has 0 saturated carbocycles. The van der Waals surface area contributed by atoms with E-state index in [2.05, 4.69) is 125 Å². The second kappa shape index (κ2) is 13.4. The van der Waals surface area contributed by atoms with Crippen molar-refractivity contribution in [2.75, 3.05) is 6.61 Å². The van der Waals surface area contributed by atoms with Gasteiger partial charge < -0.3 is 13.4 Å². The molecule has 1 heterocycles. The molecule has 0 bridgehead atoms. The van der Waals surface area contributed by atoms with Gasteiger partial charge >= 0.3 is 0 Å². The fourth-order valence-corrected chi connectivity index (χ4v) is 11.2. The Morgan fingerprint density at radius 1 is 0.791 bits per heavy atom. The Kier molecular flexibility index (Phi) is 10.3. The molecule has 0 N–H and O–H groups in total. The summed E-state index contributed by atoms with van der Waals surface area (Å²) in [6.45, 7) is 19.3. The third-order valence-corrected chi connectivity index (χ3v) is 18.6. The van der Waals surface area contributed by atoms with Crippen LogP contribution in [0.4, 0.5) is 4.39 Å². The van der Waals surface area contributed by atoms with E-state index in [1.165, 1.54) is 16.4 Å². The van der Waals surface area contributed by atoms with Gasteiger partial charge in [0.15, 0.2) is 8.32 Å². The summed E-state index contributed by atoms with van der Waals surface area (Å²) in [5.41, 5.74) is 1.93. The number of rotatable bonds is 12. The Bertz CT molecular complexity index is 1400. The molecule has 7 heteroatoms. The van der Waals surface area contributed by atoms with Gasteiger partial charge in [0.1, 0.15) is 5.82 Å². The van der Waals surface area contributed by atoms with Crippen LogP contribution in [0.3, 0.4) is 0 Å². The van der Waals surface area contributed by atoms with Crippen LogP contribution in [0.25, 0.3) is 0 Å². The topological polar surface area (TPSA) is 36.3 Å². The second-order valence-corrected chi connectivity index (χ2v) is 23.2. The van der Waals surface area contributed by atoms with E-state index in [-0.39, 0.29) is 21.9 Å². The molecule has 1 atom stereocenters. The number of benzene rings is 3. The molecule has 1 aromatic heterocycles. The molecule has 43 heavy (non-hydrogen) atoms. The van der Waals surface area contributed by atoms with E-state index in [1.807, 2.05) is 18.6 Å². The van der Waals surface area contributed by atoms with Crippen LogP contribution in [0, 0.1) is 5.82 Å². The summed E-state index contributed by atoms with van der Waals surface area (Å²) in [7, 11) is -4.59. The van der Waals surface area contributed by atoms with Gasteiger partial charge in [0.25, 0.3) is 8.32 Å². The molecule has 230 valence electrons. The van der Waals surface area contributed by atoms with Crippen LogP contribution >= 0.6 is 0 Å². The van der Waals surface area contributed by atoms with Crippen molar-refractivity contribution < 1.29 is 13.2 Å². The first kappa shape index (κ1) is 33.1. The maximum absolute atomic E-state index is 14.5. The zero-order chi connectivity index (χ0) is 31.3. The molecule has 1 unspecified atom stereocenters. The number of hydrogen-bond acceptors (Lipinski definition) is 3. The van der Waals surface area contributed by atoms with Gasteiger partial charge in [-0.25, -0.2) is 9.37 Å². The normalized spacial score (nSPS) is 13.7. The monoisotopic (exact) mass is 616 g/mol. The number of hydrogen-bond donors (Lipinski definition) is 0. The molecule has 0 saturated heterocycles. The second-order valence-electron chi connectivity index (χ2n) is 14.1. The van der Waals surface area contributed by atoms with Crippen molar-refractivity contribution in [1.82, 2.24) is 9.55 Å². The van der Waals surface area contributed by atoms with Gasteiger partial charge in [-0.2, -0.15) is 0 Å². The quantitative estimate of drug-likeness (QED) is 0.118. The first-order valence-corrected chi connectivity index (χ1v) is 20.2. The third kappa shape index (κ3) is 7.45. The maximum atomic E-state index is 14.5. The van der Waals surface area contributed by atoms with Crippen molar-refractivity contribution >= 4 is 27.0 Å². The van der Waals surface area contributed by atoms with Crippen LogP contribution in [-0.2, 0) is 15.5 Å². The smallest absolute Gasteiger partial charge is 0.261 e. The zero-order valence-electron chi connectivity index (χ0n) is 27.2. The molecule has 0 aliphatic heterocycles. The van der Waals surface area contributed by atoms with E-state index in [4.69, 9.17) is 8.85 Å². The molecule has 4 rings (SSSR count). The largest absolute Gasteiger partial charge is 0.411 e. The first-order chi connectivity index (χ1) is 20.3. The summed E-state index contributed by atoms with van der Waals surface area (Å²) in [5.74, 6) is -0.231. The average Bonchev–Trinajstić information content (AvgIpc) is 3.42. The zero-order valence-corrected chi connectivity index (χ0v) is 29.2. The lowest BCUT2D eigenvalue weighted by molar-refractivity contribution is 0.259. The lowest BCUT2D eigenvalue weighted by Gasteiger charge is -2.43. The number of halogens is 1. The van der Waals surface area contributed by atoms with Crippen LogP contribution in [-0.4, -0.2) is 32.8 Å². The van der Waals surface area contributed by atoms with Crippen LogP contribution in [0.1, 0.15) is 71.7 Å². The summed E-state index contributed by atoms with van der Waals surface area (Å²) in [6, 6.07) is 28.3. The fourth-order valence-electron chi connectivity index (χ4n) is 5.64. The molecule has 0 spiro atoms. The lowest BCUT2D eigenvalue weighted by atomic mass is 10.0. The number of nitrogens with zero attached hydrogens (tertiary/aromatic N) is 2. The van der Waals surface area contributed by atoms with Crippen LogP contribution in [0.2, 0.25) is 23.2 Å². The Morgan fingerprint density at radius 3 is 1.93 bits per heavy atom. The highest BCUT2D eigenvalue weighted by atomic mass is 28.4. The molecular formula is C36H49FN2O2Si2. The average molecular weight is 617 g/mol. The van der Waals surface area contributed by atoms with E-state index >= 15 is 0 Å².